The highest BCUT2D eigenvalue weighted by atomic mass is 16.1. The number of carbonyl (C=O) groups excluding carboxylic acids is 1. The van der Waals surface area contributed by atoms with Gasteiger partial charge in [-0.2, -0.15) is 5.10 Å². The quantitative estimate of drug-likeness (QED) is 0.776. The Balaban J connectivity index is 1.77. The van der Waals surface area contributed by atoms with Crippen LogP contribution in [0.1, 0.15) is 27.4 Å². The Morgan fingerprint density at radius 2 is 2.05 bits per heavy atom. The van der Waals surface area contributed by atoms with E-state index in [4.69, 9.17) is 0 Å². The summed E-state index contributed by atoms with van der Waals surface area (Å²) < 4.78 is 1.64. The van der Waals surface area contributed by atoms with Crippen molar-refractivity contribution in [2.45, 2.75) is 20.4 Å². The Morgan fingerprint density at radius 1 is 1.19 bits per heavy atom. The first-order valence-electron chi connectivity index (χ1n) is 6.50. The molecule has 1 amide bonds. The zero-order valence-corrected chi connectivity index (χ0v) is 11.7. The minimum absolute atomic E-state index is 0.209. The first-order valence-corrected chi connectivity index (χ1v) is 6.50. The fourth-order valence-corrected chi connectivity index (χ4v) is 1.99. The number of hydrogen-bond donors (Lipinski definition) is 1. The lowest BCUT2D eigenvalue weighted by atomic mass is 10.2. The maximum absolute atomic E-state index is 12.2. The second-order valence-electron chi connectivity index (χ2n) is 4.69. The average Bonchev–Trinajstić information content (AvgIpc) is 2.96. The van der Waals surface area contributed by atoms with Gasteiger partial charge in [0.1, 0.15) is 0 Å². The molecule has 7 heteroatoms. The van der Waals surface area contributed by atoms with E-state index in [1.54, 1.807) is 35.4 Å². The van der Waals surface area contributed by atoms with Gasteiger partial charge in [-0.15, -0.1) is 0 Å². The highest BCUT2D eigenvalue weighted by Crippen LogP contribution is 2.09. The molecule has 0 radical (unpaired) electrons. The van der Waals surface area contributed by atoms with Crippen LogP contribution in [0.25, 0.3) is 5.65 Å². The third kappa shape index (κ3) is 2.58. The van der Waals surface area contributed by atoms with Crippen molar-refractivity contribution in [2.24, 2.45) is 0 Å². The van der Waals surface area contributed by atoms with Crippen LogP contribution in [0.15, 0.2) is 30.9 Å². The molecule has 3 aromatic heterocycles. The van der Waals surface area contributed by atoms with E-state index in [1.165, 1.54) is 0 Å². The van der Waals surface area contributed by atoms with Crippen LogP contribution in [0.4, 0.5) is 0 Å². The smallest absolute Gasteiger partial charge is 0.255 e. The lowest BCUT2D eigenvalue weighted by molar-refractivity contribution is 0.0948. The molecule has 21 heavy (non-hydrogen) atoms. The first-order chi connectivity index (χ1) is 10.1. The molecule has 3 heterocycles. The Hall–Kier alpha value is -2.83. The molecular formula is C14H14N6O. The van der Waals surface area contributed by atoms with Crippen molar-refractivity contribution < 1.29 is 4.79 Å². The van der Waals surface area contributed by atoms with Crippen LogP contribution in [-0.4, -0.2) is 30.5 Å². The van der Waals surface area contributed by atoms with Crippen LogP contribution in [0.2, 0.25) is 0 Å². The van der Waals surface area contributed by atoms with Crippen molar-refractivity contribution in [3.05, 3.63) is 53.5 Å². The minimum atomic E-state index is -0.209. The Kier molecular flexibility index (Phi) is 3.31. The summed E-state index contributed by atoms with van der Waals surface area (Å²) in [4.78, 5) is 24.8. The van der Waals surface area contributed by atoms with Gasteiger partial charge in [-0.05, 0) is 13.8 Å². The molecular weight excluding hydrogens is 268 g/mol. The van der Waals surface area contributed by atoms with Gasteiger partial charge in [0.25, 0.3) is 5.91 Å². The van der Waals surface area contributed by atoms with E-state index >= 15 is 0 Å². The third-order valence-electron chi connectivity index (χ3n) is 3.17. The monoisotopic (exact) mass is 282 g/mol. The number of aromatic nitrogens is 5. The van der Waals surface area contributed by atoms with Crippen molar-refractivity contribution in [1.82, 2.24) is 29.9 Å². The van der Waals surface area contributed by atoms with E-state index in [9.17, 15) is 4.79 Å². The molecule has 3 rings (SSSR count). The molecule has 7 nitrogen and oxygen atoms in total. The summed E-state index contributed by atoms with van der Waals surface area (Å²) in [5.41, 5.74) is 3.51. The first kappa shape index (κ1) is 13.2. The van der Waals surface area contributed by atoms with Gasteiger partial charge in [-0.25, -0.2) is 9.50 Å². The molecule has 0 unspecified atom stereocenters. The maximum Gasteiger partial charge on any atom is 0.255 e. The predicted octanol–water partition coefficient (Wildman–Crippen LogP) is 1.07. The SMILES string of the molecule is Cc1cnc(CNC(=O)c2cnc3ccnn3c2C)cn1. The summed E-state index contributed by atoms with van der Waals surface area (Å²) in [7, 11) is 0. The van der Waals surface area contributed by atoms with Crippen LogP contribution < -0.4 is 5.32 Å². The van der Waals surface area contributed by atoms with Crippen LogP contribution in [0, 0.1) is 13.8 Å². The summed E-state index contributed by atoms with van der Waals surface area (Å²) in [6.45, 7) is 4.02. The second-order valence-corrected chi connectivity index (χ2v) is 4.69. The zero-order chi connectivity index (χ0) is 14.8. The molecule has 0 aliphatic rings. The van der Waals surface area contributed by atoms with Crippen LogP contribution in [0.5, 0.6) is 0 Å². The molecule has 0 aromatic carbocycles. The molecule has 106 valence electrons. The number of carbonyl (C=O) groups is 1. The number of nitrogens with zero attached hydrogens (tertiary/aromatic N) is 5. The van der Waals surface area contributed by atoms with Gasteiger partial charge < -0.3 is 5.32 Å². The fraction of sp³-hybridized carbons (Fsp3) is 0.214. The van der Waals surface area contributed by atoms with Crippen LogP contribution in [0.3, 0.4) is 0 Å². The van der Waals surface area contributed by atoms with Crippen molar-refractivity contribution in [3.63, 3.8) is 0 Å². The fourth-order valence-electron chi connectivity index (χ4n) is 1.99. The summed E-state index contributed by atoms with van der Waals surface area (Å²) >= 11 is 0. The predicted molar refractivity (Wildman–Crippen MR) is 75.7 cm³/mol. The van der Waals surface area contributed by atoms with Gasteiger partial charge in [0.15, 0.2) is 5.65 Å². The number of hydrogen-bond acceptors (Lipinski definition) is 5. The van der Waals surface area contributed by atoms with E-state index in [-0.39, 0.29) is 5.91 Å². The average molecular weight is 282 g/mol. The lowest BCUT2D eigenvalue weighted by Gasteiger charge is -2.08. The zero-order valence-electron chi connectivity index (χ0n) is 11.7. The summed E-state index contributed by atoms with van der Waals surface area (Å²) in [5.74, 6) is -0.209. The van der Waals surface area contributed by atoms with Gasteiger partial charge in [0.2, 0.25) is 0 Å². The third-order valence-corrected chi connectivity index (χ3v) is 3.17. The van der Waals surface area contributed by atoms with E-state index in [0.29, 0.717) is 23.4 Å². The van der Waals surface area contributed by atoms with Crippen molar-refractivity contribution in [3.8, 4) is 0 Å². The summed E-state index contributed by atoms with van der Waals surface area (Å²) in [6.07, 6.45) is 6.53. The molecule has 0 aliphatic carbocycles. The van der Waals surface area contributed by atoms with Gasteiger partial charge in [0, 0.05) is 18.5 Å². The molecule has 0 aliphatic heterocycles. The minimum Gasteiger partial charge on any atom is -0.346 e. The van der Waals surface area contributed by atoms with Gasteiger partial charge >= 0.3 is 0 Å². The molecule has 0 saturated carbocycles. The van der Waals surface area contributed by atoms with Gasteiger partial charge in [0.05, 0.1) is 41.6 Å². The highest BCUT2D eigenvalue weighted by Gasteiger charge is 2.13. The molecule has 0 atom stereocenters. The Labute approximate surface area is 121 Å². The molecule has 0 fully saturated rings. The number of aryl methyl sites for hydroxylation is 2. The van der Waals surface area contributed by atoms with Crippen molar-refractivity contribution >= 4 is 11.6 Å². The van der Waals surface area contributed by atoms with E-state index in [1.807, 2.05) is 13.8 Å². The van der Waals surface area contributed by atoms with E-state index in [0.717, 1.165) is 11.4 Å². The normalized spacial score (nSPS) is 10.8. The number of nitrogens with one attached hydrogen (secondary N) is 1. The molecule has 0 saturated heterocycles. The number of fused-ring (bicyclic) bond motifs is 1. The topological polar surface area (TPSA) is 85.1 Å². The molecule has 0 bridgehead atoms. The standard InChI is InChI=1S/C14H14N6O/c1-9-5-16-11(6-15-9)7-18-14(21)12-8-17-13-3-4-19-20(13)10(12)2/h3-6,8H,7H2,1-2H3,(H,18,21). The molecule has 3 aromatic rings. The maximum atomic E-state index is 12.2. The number of amides is 1. The summed E-state index contributed by atoms with van der Waals surface area (Å²) in [5, 5.41) is 6.95. The van der Waals surface area contributed by atoms with Crippen LogP contribution in [-0.2, 0) is 6.54 Å². The van der Waals surface area contributed by atoms with Gasteiger partial charge in [-0.1, -0.05) is 0 Å². The lowest BCUT2D eigenvalue weighted by Crippen LogP contribution is -2.25. The van der Waals surface area contributed by atoms with Crippen LogP contribution >= 0.6 is 0 Å². The Bertz CT molecular complexity index is 793. The Morgan fingerprint density at radius 3 is 2.81 bits per heavy atom. The molecule has 0 spiro atoms. The molecule has 1 N–H and O–H groups in total. The van der Waals surface area contributed by atoms with E-state index in [2.05, 4.69) is 25.4 Å². The largest absolute Gasteiger partial charge is 0.346 e. The van der Waals surface area contributed by atoms with E-state index < -0.39 is 0 Å². The second kappa shape index (κ2) is 5.28. The highest BCUT2D eigenvalue weighted by molar-refractivity contribution is 5.95. The summed E-state index contributed by atoms with van der Waals surface area (Å²) in [6, 6.07) is 1.79. The van der Waals surface area contributed by atoms with Gasteiger partial charge in [-0.3, -0.25) is 14.8 Å². The number of rotatable bonds is 3. The van der Waals surface area contributed by atoms with Crippen molar-refractivity contribution in [1.29, 1.82) is 0 Å². The van der Waals surface area contributed by atoms with Crippen molar-refractivity contribution in [2.75, 3.05) is 0 Å².